The number of hydrogen-bond acceptors (Lipinski definition) is 2. The summed E-state index contributed by atoms with van der Waals surface area (Å²) in [6, 6.07) is 0.0362. The van der Waals surface area contributed by atoms with Gasteiger partial charge in [-0.05, 0) is 19.3 Å². The van der Waals surface area contributed by atoms with Crippen LogP contribution in [0.15, 0.2) is 0 Å². The van der Waals surface area contributed by atoms with Gasteiger partial charge >= 0.3 is 0 Å². The van der Waals surface area contributed by atoms with Gasteiger partial charge in [0.2, 0.25) is 11.8 Å². The van der Waals surface area contributed by atoms with Crippen molar-refractivity contribution in [3.8, 4) is 0 Å². The maximum atomic E-state index is 11.9. The molecule has 1 aliphatic rings. The van der Waals surface area contributed by atoms with Crippen molar-refractivity contribution in [2.24, 2.45) is 0 Å². The Morgan fingerprint density at radius 3 is 2.52 bits per heavy atom. The van der Waals surface area contributed by atoms with E-state index in [2.05, 4.69) is 17.6 Å². The normalized spacial score (nSPS) is 18.9. The molecular weight excluding hydrogens is 264 g/mol. The molecule has 0 saturated carbocycles. The van der Waals surface area contributed by atoms with E-state index in [4.69, 9.17) is 0 Å². The lowest BCUT2D eigenvalue weighted by atomic mass is 10.1. The molecule has 1 rings (SSSR count). The summed E-state index contributed by atoms with van der Waals surface area (Å²) in [5.74, 6) is 0.172. The molecule has 0 aliphatic carbocycles. The van der Waals surface area contributed by atoms with Crippen LogP contribution in [-0.2, 0) is 9.59 Å². The Balaban J connectivity index is 1.99. The van der Waals surface area contributed by atoms with E-state index in [1.54, 1.807) is 0 Å². The summed E-state index contributed by atoms with van der Waals surface area (Å²) < 4.78 is 0. The first-order valence-corrected chi connectivity index (χ1v) is 8.78. The molecule has 0 aromatic heterocycles. The highest BCUT2D eigenvalue weighted by Gasteiger charge is 2.18. The topological polar surface area (TPSA) is 58.2 Å². The van der Waals surface area contributed by atoms with Gasteiger partial charge in [-0.15, -0.1) is 0 Å². The molecule has 2 amide bonds. The molecule has 2 N–H and O–H groups in total. The van der Waals surface area contributed by atoms with Gasteiger partial charge < -0.3 is 10.6 Å². The van der Waals surface area contributed by atoms with Gasteiger partial charge in [-0.2, -0.15) is 0 Å². The smallest absolute Gasteiger partial charge is 0.222 e. The second-order valence-electron chi connectivity index (χ2n) is 6.19. The number of carbonyl (C=O) groups is 2. The third-order valence-electron chi connectivity index (χ3n) is 4.11. The Morgan fingerprint density at radius 1 is 1.14 bits per heavy atom. The molecule has 122 valence electrons. The second-order valence-corrected chi connectivity index (χ2v) is 6.19. The van der Waals surface area contributed by atoms with Crippen molar-refractivity contribution in [2.45, 2.75) is 90.0 Å². The van der Waals surface area contributed by atoms with Crippen molar-refractivity contribution in [2.75, 3.05) is 6.54 Å². The largest absolute Gasteiger partial charge is 0.356 e. The van der Waals surface area contributed by atoms with Crippen molar-refractivity contribution in [1.82, 2.24) is 10.6 Å². The van der Waals surface area contributed by atoms with Crippen LogP contribution in [0.5, 0.6) is 0 Å². The van der Waals surface area contributed by atoms with Crippen LogP contribution in [0.1, 0.15) is 84.0 Å². The molecule has 0 radical (unpaired) electrons. The molecule has 1 aliphatic heterocycles. The summed E-state index contributed by atoms with van der Waals surface area (Å²) in [7, 11) is 0. The van der Waals surface area contributed by atoms with Crippen LogP contribution >= 0.6 is 0 Å². The SMILES string of the molecule is CCCCCCCCCCC(=O)N[C@H]1CCCNC(=O)C1. The Hall–Kier alpha value is -1.06. The third-order valence-corrected chi connectivity index (χ3v) is 4.11. The van der Waals surface area contributed by atoms with Gasteiger partial charge in [0.05, 0.1) is 0 Å². The first kappa shape index (κ1) is 18.0. The molecular formula is C17H32N2O2. The van der Waals surface area contributed by atoms with E-state index < -0.39 is 0 Å². The van der Waals surface area contributed by atoms with E-state index >= 15 is 0 Å². The minimum Gasteiger partial charge on any atom is -0.356 e. The lowest BCUT2D eigenvalue weighted by molar-refractivity contribution is -0.123. The molecule has 1 atom stereocenters. The summed E-state index contributed by atoms with van der Waals surface area (Å²) in [5, 5.41) is 5.85. The fourth-order valence-electron chi connectivity index (χ4n) is 2.82. The lowest BCUT2D eigenvalue weighted by Crippen LogP contribution is -2.36. The zero-order valence-electron chi connectivity index (χ0n) is 13.6. The predicted octanol–water partition coefficient (Wildman–Crippen LogP) is 3.30. The number of nitrogens with one attached hydrogen (secondary N) is 2. The van der Waals surface area contributed by atoms with Crippen molar-refractivity contribution >= 4 is 11.8 Å². The summed E-state index contributed by atoms with van der Waals surface area (Å²) in [6.45, 7) is 2.97. The molecule has 0 spiro atoms. The summed E-state index contributed by atoms with van der Waals surface area (Å²) in [4.78, 5) is 23.3. The van der Waals surface area contributed by atoms with Crippen molar-refractivity contribution in [3.05, 3.63) is 0 Å². The van der Waals surface area contributed by atoms with E-state index in [1.165, 1.54) is 38.5 Å². The Kier molecular flexibility index (Phi) is 9.92. The van der Waals surface area contributed by atoms with E-state index in [0.29, 0.717) is 12.8 Å². The first-order chi connectivity index (χ1) is 10.2. The molecule has 4 nitrogen and oxygen atoms in total. The average molecular weight is 296 g/mol. The van der Waals surface area contributed by atoms with E-state index in [1.807, 2.05) is 0 Å². The van der Waals surface area contributed by atoms with Crippen molar-refractivity contribution in [1.29, 1.82) is 0 Å². The predicted molar refractivity (Wildman–Crippen MR) is 86.0 cm³/mol. The number of hydrogen-bond donors (Lipinski definition) is 2. The van der Waals surface area contributed by atoms with Crippen LogP contribution in [0.3, 0.4) is 0 Å². The highest BCUT2D eigenvalue weighted by molar-refractivity contribution is 5.79. The van der Waals surface area contributed by atoms with Crippen molar-refractivity contribution < 1.29 is 9.59 Å². The third kappa shape index (κ3) is 9.48. The fourth-order valence-corrected chi connectivity index (χ4v) is 2.82. The van der Waals surface area contributed by atoms with Crippen molar-refractivity contribution in [3.63, 3.8) is 0 Å². The maximum Gasteiger partial charge on any atom is 0.222 e. The summed E-state index contributed by atoms with van der Waals surface area (Å²) in [6.07, 6.45) is 12.9. The first-order valence-electron chi connectivity index (χ1n) is 8.78. The van der Waals surface area contributed by atoms with E-state index in [0.717, 1.165) is 32.2 Å². The Morgan fingerprint density at radius 2 is 1.81 bits per heavy atom. The fraction of sp³-hybridized carbons (Fsp3) is 0.882. The molecule has 0 aromatic carbocycles. The highest BCUT2D eigenvalue weighted by atomic mass is 16.2. The van der Waals surface area contributed by atoms with Crippen LogP contribution < -0.4 is 10.6 Å². The number of amides is 2. The van der Waals surface area contributed by atoms with Gasteiger partial charge in [0.15, 0.2) is 0 Å². The zero-order chi connectivity index (χ0) is 15.3. The van der Waals surface area contributed by atoms with Gasteiger partial charge in [-0.3, -0.25) is 9.59 Å². The van der Waals surface area contributed by atoms with Gasteiger partial charge in [0.25, 0.3) is 0 Å². The second kappa shape index (κ2) is 11.6. The maximum absolute atomic E-state index is 11.9. The lowest BCUT2D eigenvalue weighted by Gasteiger charge is -2.15. The van der Waals surface area contributed by atoms with Crippen LogP contribution in [0.25, 0.3) is 0 Å². The molecule has 4 heteroatoms. The standard InChI is InChI=1S/C17H32N2O2/c1-2-3-4-5-6-7-8-9-12-16(20)19-15-11-10-13-18-17(21)14-15/h15H,2-14H2,1H3,(H,18,21)(H,19,20)/t15-/m0/s1. The molecule has 1 saturated heterocycles. The minimum absolute atomic E-state index is 0.0362. The van der Waals surface area contributed by atoms with Gasteiger partial charge in [-0.1, -0.05) is 51.9 Å². The molecule has 0 aromatic rings. The molecule has 21 heavy (non-hydrogen) atoms. The number of unbranched alkanes of at least 4 members (excludes halogenated alkanes) is 7. The number of rotatable bonds is 10. The zero-order valence-corrected chi connectivity index (χ0v) is 13.6. The van der Waals surface area contributed by atoms with Gasteiger partial charge in [-0.25, -0.2) is 0 Å². The van der Waals surface area contributed by atoms with Crippen LogP contribution in [0, 0.1) is 0 Å². The summed E-state index contributed by atoms with van der Waals surface area (Å²) >= 11 is 0. The van der Waals surface area contributed by atoms with E-state index in [-0.39, 0.29) is 17.9 Å². The van der Waals surface area contributed by atoms with E-state index in [9.17, 15) is 9.59 Å². The molecule has 1 fully saturated rings. The quantitative estimate of drug-likeness (QED) is 0.608. The van der Waals surface area contributed by atoms with Crippen LogP contribution in [0.4, 0.5) is 0 Å². The van der Waals surface area contributed by atoms with Crippen LogP contribution in [0.2, 0.25) is 0 Å². The minimum atomic E-state index is 0.0362. The van der Waals surface area contributed by atoms with Gasteiger partial charge in [0, 0.05) is 25.4 Å². The Bertz CT molecular complexity index is 305. The van der Waals surface area contributed by atoms with Crippen LogP contribution in [-0.4, -0.2) is 24.4 Å². The highest BCUT2D eigenvalue weighted by Crippen LogP contribution is 2.10. The summed E-state index contributed by atoms with van der Waals surface area (Å²) in [5.41, 5.74) is 0. The Labute approximate surface area is 129 Å². The molecule has 0 bridgehead atoms. The average Bonchev–Trinajstić information content (AvgIpc) is 2.66. The molecule has 1 heterocycles. The van der Waals surface area contributed by atoms with Gasteiger partial charge in [0.1, 0.15) is 0 Å². The number of carbonyl (C=O) groups excluding carboxylic acids is 2. The monoisotopic (exact) mass is 296 g/mol. The molecule has 0 unspecified atom stereocenters.